The maximum absolute atomic E-state index is 12.8. The number of hydrogen-bond acceptors (Lipinski definition) is 6. The number of aromatic nitrogens is 1. The lowest BCUT2D eigenvalue weighted by atomic mass is 9.85. The number of fused-ring (bicyclic) bond motifs is 1. The fraction of sp³-hybridized carbons (Fsp3) is 0.538. The minimum Gasteiger partial charge on any atom is -0.494 e. The highest BCUT2D eigenvalue weighted by molar-refractivity contribution is 5.86. The second-order valence-electron chi connectivity index (χ2n) is 14.6. The number of para-hydroxylation sites is 1. The van der Waals surface area contributed by atoms with E-state index in [2.05, 4.69) is 66.9 Å². The van der Waals surface area contributed by atoms with Crippen molar-refractivity contribution in [2.75, 3.05) is 26.0 Å². The first-order chi connectivity index (χ1) is 22.0. The number of allylic oxidation sites excluding steroid dienone is 2. The summed E-state index contributed by atoms with van der Waals surface area (Å²) >= 11 is 0. The van der Waals surface area contributed by atoms with Crippen LogP contribution in [0.25, 0.3) is 10.9 Å². The van der Waals surface area contributed by atoms with Crippen LogP contribution < -0.4 is 10.1 Å². The van der Waals surface area contributed by atoms with Crippen LogP contribution in [0.1, 0.15) is 112 Å². The summed E-state index contributed by atoms with van der Waals surface area (Å²) in [5.74, 6) is 1.50. The molecule has 7 nitrogen and oxygen atoms in total. The van der Waals surface area contributed by atoms with Crippen molar-refractivity contribution in [1.29, 1.82) is 0 Å². The molecule has 46 heavy (non-hydrogen) atoms. The first-order valence-electron chi connectivity index (χ1n) is 17.1. The summed E-state index contributed by atoms with van der Waals surface area (Å²) in [6.45, 7) is 7.33. The van der Waals surface area contributed by atoms with E-state index < -0.39 is 6.23 Å². The summed E-state index contributed by atoms with van der Waals surface area (Å²) in [6, 6.07) is 12.4. The molecule has 1 aliphatic heterocycles. The number of aryl methyl sites for hydroxylation is 1. The Bertz CT molecular complexity index is 1580. The number of carbonyl (C=O) groups excluding carboxylic acids is 2. The summed E-state index contributed by atoms with van der Waals surface area (Å²) in [6.07, 6.45) is 12.8. The van der Waals surface area contributed by atoms with Gasteiger partial charge in [0.2, 0.25) is 0 Å². The Hall–Kier alpha value is -3.42. The Morgan fingerprint density at radius 3 is 2.61 bits per heavy atom. The van der Waals surface area contributed by atoms with Gasteiger partial charge in [-0.3, -0.25) is 14.5 Å². The smallest absolute Gasteiger partial charge is 0.166 e. The number of methoxy groups -OCH3 is 1. The lowest BCUT2D eigenvalue weighted by Gasteiger charge is -2.24. The van der Waals surface area contributed by atoms with Crippen LogP contribution in [-0.4, -0.2) is 53.4 Å². The van der Waals surface area contributed by atoms with Gasteiger partial charge in [0.25, 0.3) is 0 Å². The van der Waals surface area contributed by atoms with Gasteiger partial charge in [-0.05, 0) is 106 Å². The average molecular weight is 628 g/mol. The van der Waals surface area contributed by atoms with Crippen molar-refractivity contribution in [2.45, 2.75) is 103 Å². The SMILES string of the molecule is COc1c(C=O)cc(C(C)(C)C)cc1NC(O)c1cc2cccc(CC=C3CCCC(CCC(=O)C4CCCN4C)CC3)c2n1C. The third-order valence-corrected chi connectivity index (χ3v) is 10.3. The first-order valence-corrected chi connectivity index (χ1v) is 17.1. The molecule has 1 saturated carbocycles. The number of anilines is 1. The number of rotatable bonds is 11. The van der Waals surface area contributed by atoms with E-state index in [0.717, 1.165) is 79.9 Å². The summed E-state index contributed by atoms with van der Waals surface area (Å²) in [4.78, 5) is 26.9. The van der Waals surface area contributed by atoms with Crippen LogP contribution >= 0.6 is 0 Å². The molecule has 2 fully saturated rings. The Balaban J connectivity index is 1.28. The zero-order valence-electron chi connectivity index (χ0n) is 28.7. The van der Waals surface area contributed by atoms with Crippen LogP contribution in [0, 0.1) is 5.92 Å². The van der Waals surface area contributed by atoms with Crippen LogP contribution in [0.15, 0.2) is 48.0 Å². The van der Waals surface area contributed by atoms with E-state index in [1.165, 1.54) is 30.4 Å². The maximum Gasteiger partial charge on any atom is 0.166 e. The molecule has 2 aromatic carbocycles. The van der Waals surface area contributed by atoms with Crippen LogP contribution in [-0.2, 0) is 23.7 Å². The third kappa shape index (κ3) is 7.58. The molecule has 2 aliphatic rings. The molecule has 3 unspecified atom stereocenters. The number of nitrogens with zero attached hydrogens (tertiary/aromatic N) is 2. The second-order valence-corrected chi connectivity index (χ2v) is 14.6. The highest BCUT2D eigenvalue weighted by atomic mass is 16.5. The molecule has 0 radical (unpaired) electrons. The molecule has 1 aliphatic carbocycles. The van der Waals surface area contributed by atoms with E-state index in [1.807, 2.05) is 25.2 Å². The van der Waals surface area contributed by atoms with Crippen LogP contribution in [0.4, 0.5) is 5.69 Å². The molecule has 1 aromatic heterocycles. The summed E-state index contributed by atoms with van der Waals surface area (Å²) in [5, 5.41) is 15.8. The number of hydrogen-bond donors (Lipinski definition) is 2. The van der Waals surface area contributed by atoms with Crippen molar-refractivity contribution < 1.29 is 19.4 Å². The summed E-state index contributed by atoms with van der Waals surface area (Å²) < 4.78 is 7.67. The number of likely N-dealkylation sites (N-methyl/N-ethyl adjacent to an activating group) is 1. The predicted molar refractivity (Wildman–Crippen MR) is 187 cm³/mol. The molecule has 7 heteroatoms. The minimum absolute atomic E-state index is 0.150. The van der Waals surface area contributed by atoms with E-state index in [1.54, 1.807) is 7.11 Å². The number of ketones is 1. The Kier molecular flexibility index (Phi) is 10.7. The van der Waals surface area contributed by atoms with Crippen LogP contribution in [0.2, 0.25) is 0 Å². The van der Waals surface area contributed by atoms with Crippen molar-refractivity contribution >= 4 is 28.7 Å². The number of nitrogens with one attached hydrogen (secondary N) is 1. The Morgan fingerprint density at radius 1 is 1.11 bits per heavy atom. The topological polar surface area (TPSA) is 83.8 Å². The van der Waals surface area contributed by atoms with Gasteiger partial charge in [0.1, 0.15) is 5.78 Å². The normalized spacial score (nSPS) is 21.0. The first kappa shape index (κ1) is 33.9. The molecule has 0 amide bonds. The fourth-order valence-electron chi connectivity index (χ4n) is 7.53. The third-order valence-electron chi connectivity index (χ3n) is 10.3. The number of Topliss-reactive ketones (excluding diaryl/α,β-unsaturated/α-hetero) is 1. The summed E-state index contributed by atoms with van der Waals surface area (Å²) in [7, 11) is 5.63. The van der Waals surface area contributed by atoms with Gasteiger partial charge in [0, 0.05) is 18.9 Å². The molecule has 3 atom stereocenters. The van der Waals surface area contributed by atoms with E-state index in [0.29, 0.717) is 28.7 Å². The van der Waals surface area contributed by atoms with Crippen molar-refractivity contribution in [1.82, 2.24) is 9.47 Å². The van der Waals surface area contributed by atoms with Gasteiger partial charge < -0.3 is 19.7 Å². The van der Waals surface area contributed by atoms with E-state index in [4.69, 9.17) is 4.74 Å². The average Bonchev–Trinajstić information content (AvgIpc) is 3.53. The molecular formula is C39H53N3O4. The minimum atomic E-state index is -1.01. The largest absolute Gasteiger partial charge is 0.494 e. The highest BCUT2D eigenvalue weighted by Crippen LogP contribution is 2.37. The number of ether oxygens (including phenoxy) is 1. The number of aliphatic hydroxyl groups excluding tert-OH is 1. The molecular weight excluding hydrogens is 574 g/mol. The van der Waals surface area contributed by atoms with Gasteiger partial charge in [-0.25, -0.2) is 0 Å². The molecule has 5 rings (SSSR count). The van der Waals surface area contributed by atoms with Crippen molar-refractivity contribution in [3.05, 3.63) is 70.4 Å². The zero-order chi connectivity index (χ0) is 33.0. The van der Waals surface area contributed by atoms with Gasteiger partial charge >= 0.3 is 0 Å². The molecule has 3 aromatic rings. The number of aliphatic hydroxyl groups is 1. The van der Waals surface area contributed by atoms with Gasteiger partial charge in [-0.2, -0.15) is 0 Å². The second kappa shape index (κ2) is 14.6. The highest BCUT2D eigenvalue weighted by Gasteiger charge is 2.28. The van der Waals surface area contributed by atoms with Crippen molar-refractivity contribution in [3.8, 4) is 5.75 Å². The molecule has 2 heterocycles. The standard InChI is InChI=1S/C39H53N3O4/c1-39(2,3)31-22-30(25-43)37(46-6)32(24-31)40-38(45)34-23-29-13-8-12-28(36(29)42(34)5)19-17-26-10-7-11-27(16-15-26)18-20-35(44)33-14-9-21-41(33)4/h8,12-13,17,22-25,27,33,38,40,45H,7,9-11,14-16,18-21H2,1-6H3. The van der Waals surface area contributed by atoms with Crippen LogP contribution in [0.5, 0.6) is 5.75 Å². The van der Waals surface area contributed by atoms with Gasteiger partial charge in [-0.1, -0.05) is 57.0 Å². The van der Waals surface area contributed by atoms with Gasteiger partial charge in [0.05, 0.1) is 35.6 Å². The monoisotopic (exact) mass is 627 g/mol. The molecule has 248 valence electrons. The zero-order valence-corrected chi connectivity index (χ0v) is 28.7. The fourth-order valence-corrected chi connectivity index (χ4v) is 7.53. The Morgan fingerprint density at radius 2 is 1.91 bits per heavy atom. The van der Waals surface area contributed by atoms with E-state index in [-0.39, 0.29) is 11.5 Å². The van der Waals surface area contributed by atoms with Crippen molar-refractivity contribution in [3.63, 3.8) is 0 Å². The molecule has 0 spiro atoms. The lowest BCUT2D eigenvalue weighted by Crippen LogP contribution is -2.32. The molecule has 1 saturated heterocycles. The number of benzene rings is 2. The van der Waals surface area contributed by atoms with Gasteiger partial charge in [0.15, 0.2) is 18.3 Å². The number of carbonyl (C=O) groups is 2. The predicted octanol–water partition coefficient (Wildman–Crippen LogP) is 7.89. The van der Waals surface area contributed by atoms with Gasteiger partial charge in [-0.15, -0.1) is 0 Å². The quantitative estimate of drug-likeness (QED) is 0.0974. The summed E-state index contributed by atoms with van der Waals surface area (Å²) in [5.41, 5.74) is 6.44. The number of aldehydes is 1. The van der Waals surface area contributed by atoms with E-state index >= 15 is 0 Å². The number of likely N-dealkylation sites (tertiary alicyclic amines) is 1. The Labute approximate surface area is 275 Å². The maximum atomic E-state index is 12.8. The lowest BCUT2D eigenvalue weighted by molar-refractivity contribution is -0.123. The van der Waals surface area contributed by atoms with Crippen molar-refractivity contribution in [2.24, 2.45) is 13.0 Å². The molecule has 2 N–H and O–H groups in total. The molecule has 0 bridgehead atoms. The van der Waals surface area contributed by atoms with E-state index in [9.17, 15) is 14.7 Å². The van der Waals surface area contributed by atoms with Crippen LogP contribution in [0.3, 0.4) is 0 Å².